The Balaban J connectivity index is 1.54. The third-order valence-corrected chi connectivity index (χ3v) is 5.34. The van der Waals surface area contributed by atoms with Gasteiger partial charge in [0.2, 0.25) is 11.8 Å². The summed E-state index contributed by atoms with van der Waals surface area (Å²) in [6.45, 7) is 0.593. The van der Waals surface area contributed by atoms with E-state index in [9.17, 15) is 9.59 Å². The van der Waals surface area contributed by atoms with Crippen LogP contribution in [0.15, 0.2) is 53.4 Å². The Hall–Kier alpha value is -2.47. The zero-order valence-electron chi connectivity index (χ0n) is 14.7. The first kappa shape index (κ1) is 18.3. The smallest absolute Gasteiger partial charge is 0.228 e. The molecule has 0 unspecified atom stereocenters. The van der Waals surface area contributed by atoms with Crippen LogP contribution >= 0.6 is 11.8 Å². The lowest BCUT2D eigenvalue weighted by molar-refractivity contribution is -0.126. The number of benzene rings is 2. The molecule has 2 aromatic rings. The lowest BCUT2D eigenvalue weighted by atomic mass is 9.89. The Morgan fingerprint density at radius 3 is 2.85 bits per heavy atom. The summed E-state index contributed by atoms with van der Waals surface area (Å²) < 4.78 is 5.24. The Labute approximate surface area is 157 Å². The minimum atomic E-state index is -0.476. The number of rotatable bonds is 7. The number of carbonyl (C=O) groups is 2. The molecule has 2 amide bonds. The van der Waals surface area contributed by atoms with Crippen LogP contribution in [0.25, 0.3) is 0 Å². The molecule has 0 aliphatic carbocycles. The number of hydrogen-bond acceptors (Lipinski definition) is 4. The SMILES string of the molecule is COc1ccc2c(c1)[C@H](C(=O)NCCCSc1ccccc1)CC(=O)N2. The van der Waals surface area contributed by atoms with E-state index in [0.29, 0.717) is 18.0 Å². The Kier molecular flexibility index (Phi) is 6.17. The van der Waals surface area contributed by atoms with Crippen LogP contribution < -0.4 is 15.4 Å². The van der Waals surface area contributed by atoms with Crippen molar-refractivity contribution in [1.82, 2.24) is 5.32 Å². The van der Waals surface area contributed by atoms with E-state index in [-0.39, 0.29) is 18.2 Å². The van der Waals surface area contributed by atoms with E-state index >= 15 is 0 Å². The molecule has 0 fully saturated rings. The summed E-state index contributed by atoms with van der Waals surface area (Å²) in [7, 11) is 1.59. The van der Waals surface area contributed by atoms with Gasteiger partial charge < -0.3 is 15.4 Å². The standard InChI is InChI=1S/C20H22N2O3S/c1-25-14-8-9-18-16(12-14)17(13-19(23)22-18)20(24)21-10-5-11-26-15-6-3-2-4-7-15/h2-4,6-9,12,17H,5,10-11,13H2,1H3,(H,21,24)(H,22,23)/t17-/m1/s1. The highest BCUT2D eigenvalue weighted by molar-refractivity contribution is 7.99. The molecule has 0 radical (unpaired) electrons. The number of nitrogens with one attached hydrogen (secondary N) is 2. The topological polar surface area (TPSA) is 67.4 Å². The molecule has 2 aromatic carbocycles. The van der Waals surface area contributed by atoms with Crippen LogP contribution in [0.1, 0.15) is 24.3 Å². The third-order valence-electron chi connectivity index (χ3n) is 4.25. The lowest BCUT2D eigenvalue weighted by Gasteiger charge is -2.25. The van der Waals surface area contributed by atoms with Gasteiger partial charge in [-0.3, -0.25) is 9.59 Å². The van der Waals surface area contributed by atoms with Gasteiger partial charge in [-0.05, 0) is 48.1 Å². The number of ether oxygens (including phenoxy) is 1. The van der Waals surface area contributed by atoms with Gasteiger partial charge in [-0.15, -0.1) is 11.8 Å². The number of thioether (sulfide) groups is 1. The van der Waals surface area contributed by atoms with E-state index < -0.39 is 5.92 Å². The van der Waals surface area contributed by atoms with E-state index in [0.717, 1.165) is 17.7 Å². The van der Waals surface area contributed by atoms with Crippen molar-refractivity contribution in [3.63, 3.8) is 0 Å². The number of methoxy groups -OCH3 is 1. The molecule has 0 bridgehead atoms. The molecule has 6 heteroatoms. The molecule has 1 atom stereocenters. The summed E-state index contributed by atoms with van der Waals surface area (Å²) in [5.41, 5.74) is 1.49. The summed E-state index contributed by atoms with van der Waals surface area (Å²) in [5.74, 6) is 0.883. The molecule has 0 saturated carbocycles. The van der Waals surface area contributed by atoms with Gasteiger partial charge in [-0.25, -0.2) is 0 Å². The molecule has 136 valence electrons. The summed E-state index contributed by atoms with van der Waals surface area (Å²) in [6.07, 6.45) is 1.03. The molecule has 2 N–H and O–H groups in total. The molecule has 0 saturated heterocycles. The first-order valence-electron chi connectivity index (χ1n) is 8.60. The van der Waals surface area contributed by atoms with Crippen molar-refractivity contribution < 1.29 is 14.3 Å². The van der Waals surface area contributed by atoms with Crippen molar-refractivity contribution in [3.05, 3.63) is 54.1 Å². The predicted molar refractivity (Wildman–Crippen MR) is 104 cm³/mol. The van der Waals surface area contributed by atoms with Crippen LogP contribution in [0.4, 0.5) is 5.69 Å². The molecule has 0 spiro atoms. The molecular weight excluding hydrogens is 348 g/mol. The average molecular weight is 370 g/mol. The van der Waals surface area contributed by atoms with E-state index in [2.05, 4.69) is 22.8 Å². The summed E-state index contributed by atoms with van der Waals surface area (Å²) in [4.78, 5) is 25.7. The van der Waals surface area contributed by atoms with Gasteiger partial charge >= 0.3 is 0 Å². The second-order valence-electron chi connectivity index (χ2n) is 6.06. The van der Waals surface area contributed by atoms with Crippen molar-refractivity contribution in [2.45, 2.75) is 23.7 Å². The second-order valence-corrected chi connectivity index (χ2v) is 7.23. The van der Waals surface area contributed by atoms with Crippen molar-refractivity contribution in [3.8, 4) is 5.75 Å². The molecule has 26 heavy (non-hydrogen) atoms. The Morgan fingerprint density at radius 1 is 1.27 bits per heavy atom. The highest BCUT2D eigenvalue weighted by atomic mass is 32.2. The normalized spacial score (nSPS) is 15.7. The highest BCUT2D eigenvalue weighted by Crippen LogP contribution is 2.35. The van der Waals surface area contributed by atoms with Crippen molar-refractivity contribution >= 4 is 29.3 Å². The Morgan fingerprint density at radius 2 is 2.08 bits per heavy atom. The van der Waals surface area contributed by atoms with Crippen LogP contribution in [0.2, 0.25) is 0 Å². The van der Waals surface area contributed by atoms with Gasteiger partial charge in [-0.1, -0.05) is 18.2 Å². The van der Waals surface area contributed by atoms with E-state index in [4.69, 9.17) is 4.74 Å². The lowest BCUT2D eigenvalue weighted by Crippen LogP contribution is -2.35. The van der Waals surface area contributed by atoms with E-state index in [1.807, 2.05) is 24.3 Å². The van der Waals surface area contributed by atoms with Crippen molar-refractivity contribution in [2.75, 3.05) is 24.7 Å². The summed E-state index contributed by atoms with van der Waals surface area (Å²) >= 11 is 1.77. The van der Waals surface area contributed by atoms with E-state index in [1.54, 1.807) is 31.0 Å². The van der Waals surface area contributed by atoms with Gasteiger partial charge in [0.15, 0.2) is 0 Å². The number of hydrogen-bond donors (Lipinski definition) is 2. The number of fused-ring (bicyclic) bond motifs is 1. The fourth-order valence-electron chi connectivity index (χ4n) is 2.91. The molecular formula is C20H22N2O3S. The number of anilines is 1. The average Bonchev–Trinajstić information content (AvgIpc) is 2.67. The molecule has 1 aliphatic heterocycles. The van der Waals surface area contributed by atoms with Crippen molar-refractivity contribution in [1.29, 1.82) is 0 Å². The fourth-order valence-corrected chi connectivity index (χ4v) is 3.79. The third kappa shape index (κ3) is 4.58. The van der Waals surface area contributed by atoms with Gasteiger partial charge in [0.1, 0.15) is 5.75 Å². The van der Waals surface area contributed by atoms with Crippen LogP contribution in [-0.2, 0) is 9.59 Å². The van der Waals surface area contributed by atoms with Gasteiger partial charge in [0.05, 0.1) is 13.0 Å². The maximum absolute atomic E-state index is 12.6. The Bertz CT molecular complexity index is 780. The van der Waals surface area contributed by atoms with Gasteiger partial charge in [-0.2, -0.15) is 0 Å². The maximum atomic E-state index is 12.6. The largest absolute Gasteiger partial charge is 0.497 e. The molecule has 1 aliphatic rings. The fraction of sp³-hybridized carbons (Fsp3) is 0.300. The first-order chi connectivity index (χ1) is 12.7. The van der Waals surface area contributed by atoms with E-state index in [1.165, 1.54) is 4.90 Å². The van der Waals surface area contributed by atoms with Crippen LogP contribution in [0, 0.1) is 0 Å². The molecule has 5 nitrogen and oxygen atoms in total. The second kappa shape index (κ2) is 8.76. The molecule has 3 rings (SSSR count). The predicted octanol–water partition coefficient (Wildman–Crippen LogP) is 3.42. The van der Waals surface area contributed by atoms with Gasteiger partial charge in [0.25, 0.3) is 0 Å². The summed E-state index contributed by atoms with van der Waals surface area (Å²) in [6, 6.07) is 15.6. The van der Waals surface area contributed by atoms with Crippen LogP contribution in [-0.4, -0.2) is 31.2 Å². The van der Waals surface area contributed by atoms with Crippen molar-refractivity contribution in [2.24, 2.45) is 0 Å². The van der Waals surface area contributed by atoms with Gasteiger partial charge in [0, 0.05) is 23.5 Å². The zero-order valence-corrected chi connectivity index (χ0v) is 15.5. The number of amides is 2. The highest BCUT2D eigenvalue weighted by Gasteiger charge is 2.30. The van der Waals surface area contributed by atoms with Crippen LogP contribution in [0.3, 0.4) is 0 Å². The minimum absolute atomic E-state index is 0.112. The monoisotopic (exact) mass is 370 g/mol. The summed E-state index contributed by atoms with van der Waals surface area (Å²) in [5, 5.41) is 5.78. The minimum Gasteiger partial charge on any atom is -0.497 e. The number of carbonyl (C=O) groups excluding carboxylic acids is 2. The quantitative estimate of drug-likeness (QED) is 0.579. The van der Waals surface area contributed by atoms with Crippen LogP contribution in [0.5, 0.6) is 5.75 Å². The molecule has 0 aromatic heterocycles. The zero-order chi connectivity index (χ0) is 18.4. The first-order valence-corrected chi connectivity index (χ1v) is 9.59. The molecule has 1 heterocycles. The maximum Gasteiger partial charge on any atom is 0.228 e.